The molecule has 1 aromatic heterocycles. The van der Waals surface area contributed by atoms with E-state index >= 15 is 0 Å². The van der Waals surface area contributed by atoms with Crippen molar-refractivity contribution in [3.8, 4) is 0 Å². The number of amides is 1. The molecule has 20 heavy (non-hydrogen) atoms. The van der Waals surface area contributed by atoms with Crippen LogP contribution in [0.15, 0.2) is 18.7 Å². The standard InChI is InChI=1S/C14H20N2O3S/c1-4-7-15-9-12(17)16-13-11(14(18)19-6-3)8-10(5-2)20-13/h4,8,15H,1,5-7,9H2,2-3H3,(H,16,17). The number of aryl methyl sites for hydroxylation is 1. The van der Waals surface area contributed by atoms with E-state index in [1.54, 1.807) is 19.1 Å². The summed E-state index contributed by atoms with van der Waals surface area (Å²) in [5.74, 6) is -0.597. The molecule has 1 heterocycles. The summed E-state index contributed by atoms with van der Waals surface area (Å²) in [4.78, 5) is 24.6. The monoisotopic (exact) mass is 296 g/mol. The molecule has 0 atom stereocenters. The molecule has 0 bridgehead atoms. The zero-order valence-corrected chi connectivity index (χ0v) is 12.6. The van der Waals surface area contributed by atoms with E-state index in [-0.39, 0.29) is 12.5 Å². The Balaban J connectivity index is 2.76. The lowest BCUT2D eigenvalue weighted by atomic mass is 10.2. The molecule has 0 fully saturated rings. The minimum atomic E-state index is -0.405. The van der Waals surface area contributed by atoms with Crippen LogP contribution < -0.4 is 10.6 Å². The zero-order valence-electron chi connectivity index (χ0n) is 11.8. The average molecular weight is 296 g/mol. The van der Waals surface area contributed by atoms with E-state index in [2.05, 4.69) is 17.2 Å². The van der Waals surface area contributed by atoms with Gasteiger partial charge in [-0.25, -0.2) is 4.79 Å². The van der Waals surface area contributed by atoms with Crippen LogP contribution in [0.2, 0.25) is 0 Å². The number of carbonyl (C=O) groups excluding carboxylic acids is 2. The highest BCUT2D eigenvalue weighted by molar-refractivity contribution is 7.16. The number of rotatable bonds is 8. The van der Waals surface area contributed by atoms with E-state index in [9.17, 15) is 9.59 Å². The first kappa shape index (κ1) is 16.4. The Morgan fingerprint density at radius 3 is 2.80 bits per heavy atom. The van der Waals surface area contributed by atoms with Gasteiger partial charge < -0.3 is 15.4 Å². The molecule has 5 nitrogen and oxygen atoms in total. The molecule has 0 saturated heterocycles. The fourth-order valence-electron chi connectivity index (χ4n) is 1.53. The third-order valence-electron chi connectivity index (χ3n) is 2.45. The van der Waals surface area contributed by atoms with Gasteiger partial charge in [-0.15, -0.1) is 17.9 Å². The normalized spacial score (nSPS) is 10.1. The molecular weight excluding hydrogens is 276 g/mol. The first-order chi connectivity index (χ1) is 9.62. The van der Waals surface area contributed by atoms with Crippen molar-refractivity contribution in [3.63, 3.8) is 0 Å². The molecule has 1 rings (SSSR count). The average Bonchev–Trinajstić information content (AvgIpc) is 2.82. The van der Waals surface area contributed by atoms with Crippen LogP contribution in [0.25, 0.3) is 0 Å². The first-order valence-electron chi connectivity index (χ1n) is 6.53. The highest BCUT2D eigenvalue weighted by Gasteiger charge is 2.18. The second-order valence-corrected chi connectivity index (χ2v) is 5.13. The van der Waals surface area contributed by atoms with Gasteiger partial charge in [0.05, 0.1) is 18.7 Å². The van der Waals surface area contributed by atoms with Crippen molar-refractivity contribution < 1.29 is 14.3 Å². The molecule has 0 spiro atoms. The van der Waals surface area contributed by atoms with Gasteiger partial charge >= 0.3 is 5.97 Å². The van der Waals surface area contributed by atoms with E-state index in [4.69, 9.17) is 4.74 Å². The Hall–Kier alpha value is -1.66. The molecule has 0 aliphatic rings. The van der Waals surface area contributed by atoms with Crippen molar-refractivity contribution in [2.24, 2.45) is 0 Å². The number of carbonyl (C=O) groups is 2. The highest BCUT2D eigenvalue weighted by Crippen LogP contribution is 2.29. The fourth-order valence-corrected chi connectivity index (χ4v) is 2.53. The molecule has 2 N–H and O–H groups in total. The molecule has 0 aromatic carbocycles. The second kappa shape index (κ2) is 8.50. The Labute approximate surface area is 123 Å². The number of ether oxygens (including phenoxy) is 1. The number of hydrogen-bond acceptors (Lipinski definition) is 5. The van der Waals surface area contributed by atoms with E-state index in [0.29, 0.717) is 23.7 Å². The lowest BCUT2D eigenvalue weighted by molar-refractivity contribution is -0.115. The molecule has 1 amide bonds. The lowest BCUT2D eigenvalue weighted by Crippen LogP contribution is -2.28. The summed E-state index contributed by atoms with van der Waals surface area (Å²) in [5.41, 5.74) is 0.422. The lowest BCUT2D eigenvalue weighted by Gasteiger charge is -2.06. The van der Waals surface area contributed by atoms with Crippen LogP contribution in [-0.2, 0) is 16.0 Å². The molecule has 0 saturated carbocycles. The Bertz CT molecular complexity index is 483. The van der Waals surface area contributed by atoms with Crippen molar-refractivity contribution in [1.82, 2.24) is 5.32 Å². The van der Waals surface area contributed by atoms with Gasteiger partial charge in [-0.1, -0.05) is 13.0 Å². The van der Waals surface area contributed by atoms with Crippen molar-refractivity contribution in [2.75, 3.05) is 25.0 Å². The maximum absolute atomic E-state index is 11.8. The molecule has 0 aliphatic heterocycles. The minimum absolute atomic E-state index is 0.174. The predicted molar refractivity (Wildman–Crippen MR) is 81.3 cm³/mol. The number of esters is 1. The highest BCUT2D eigenvalue weighted by atomic mass is 32.1. The quantitative estimate of drug-likeness (QED) is 0.438. The smallest absolute Gasteiger partial charge is 0.341 e. The summed E-state index contributed by atoms with van der Waals surface area (Å²) in [7, 11) is 0. The topological polar surface area (TPSA) is 67.4 Å². The predicted octanol–water partition coefficient (Wildman–Crippen LogP) is 2.20. The Kier molecular flexibility index (Phi) is 6.97. The fraction of sp³-hybridized carbons (Fsp3) is 0.429. The minimum Gasteiger partial charge on any atom is -0.462 e. The SMILES string of the molecule is C=CCNCC(=O)Nc1sc(CC)cc1C(=O)OCC. The molecule has 110 valence electrons. The van der Waals surface area contributed by atoms with Gasteiger partial charge in [0.25, 0.3) is 0 Å². The van der Waals surface area contributed by atoms with Gasteiger partial charge in [0.2, 0.25) is 5.91 Å². The van der Waals surface area contributed by atoms with Crippen LogP contribution >= 0.6 is 11.3 Å². The third kappa shape index (κ3) is 4.79. The summed E-state index contributed by atoms with van der Waals surface area (Å²) in [6.45, 7) is 8.35. The third-order valence-corrected chi connectivity index (χ3v) is 3.65. The van der Waals surface area contributed by atoms with Crippen molar-refractivity contribution in [1.29, 1.82) is 0 Å². The number of nitrogens with one attached hydrogen (secondary N) is 2. The molecular formula is C14H20N2O3S. The largest absolute Gasteiger partial charge is 0.462 e. The van der Waals surface area contributed by atoms with Crippen molar-refractivity contribution in [2.45, 2.75) is 20.3 Å². The first-order valence-corrected chi connectivity index (χ1v) is 7.35. The van der Waals surface area contributed by atoms with E-state index in [0.717, 1.165) is 11.3 Å². The van der Waals surface area contributed by atoms with Crippen LogP contribution in [0, 0.1) is 0 Å². The van der Waals surface area contributed by atoms with Crippen molar-refractivity contribution >= 4 is 28.2 Å². The van der Waals surface area contributed by atoms with Gasteiger partial charge in [0.15, 0.2) is 0 Å². The van der Waals surface area contributed by atoms with E-state index in [1.165, 1.54) is 11.3 Å². The molecule has 0 radical (unpaired) electrons. The summed E-state index contributed by atoms with van der Waals surface area (Å²) in [6.07, 6.45) is 2.49. The number of thiophene rings is 1. The number of hydrogen-bond donors (Lipinski definition) is 2. The van der Waals surface area contributed by atoms with Gasteiger partial charge in [-0.2, -0.15) is 0 Å². The van der Waals surface area contributed by atoms with E-state index < -0.39 is 5.97 Å². The van der Waals surface area contributed by atoms with Crippen LogP contribution in [0.1, 0.15) is 29.1 Å². The van der Waals surface area contributed by atoms with Crippen LogP contribution in [0.4, 0.5) is 5.00 Å². The second-order valence-electron chi connectivity index (χ2n) is 4.00. The van der Waals surface area contributed by atoms with Gasteiger partial charge in [-0.3, -0.25) is 4.79 Å². The summed E-state index contributed by atoms with van der Waals surface area (Å²) < 4.78 is 4.99. The summed E-state index contributed by atoms with van der Waals surface area (Å²) in [6, 6.07) is 1.77. The Morgan fingerprint density at radius 1 is 1.45 bits per heavy atom. The van der Waals surface area contributed by atoms with Gasteiger partial charge in [-0.05, 0) is 19.4 Å². The van der Waals surface area contributed by atoms with Crippen LogP contribution in [0.3, 0.4) is 0 Å². The molecule has 0 unspecified atom stereocenters. The maximum atomic E-state index is 11.8. The van der Waals surface area contributed by atoms with E-state index in [1.807, 2.05) is 6.92 Å². The molecule has 0 aliphatic carbocycles. The van der Waals surface area contributed by atoms with Crippen LogP contribution in [0.5, 0.6) is 0 Å². The van der Waals surface area contributed by atoms with Gasteiger partial charge in [0, 0.05) is 11.4 Å². The zero-order chi connectivity index (χ0) is 15.0. The van der Waals surface area contributed by atoms with Crippen LogP contribution in [-0.4, -0.2) is 31.6 Å². The summed E-state index contributed by atoms with van der Waals surface area (Å²) >= 11 is 1.40. The maximum Gasteiger partial charge on any atom is 0.341 e. The van der Waals surface area contributed by atoms with Gasteiger partial charge in [0.1, 0.15) is 5.00 Å². The molecule has 6 heteroatoms. The Morgan fingerprint density at radius 2 is 2.20 bits per heavy atom. The molecule has 1 aromatic rings. The number of anilines is 1. The van der Waals surface area contributed by atoms with Crippen molar-refractivity contribution in [3.05, 3.63) is 29.2 Å². The summed E-state index contributed by atoms with van der Waals surface area (Å²) in [5, 5.41) is 6.20.